The molecule has 0 aromatic heterocycles. The number of hydrogen-bond acceptors (Lipinski definition) is 7. The molecule has 2 saturated carbocycles. The van der Waals surface area contributed by atoms with Gasteiger partial charge >= 0.3 is 6.03 Å². The fourth-order valence-corrected chi connectivity index (χ4v) is 8.55. The van der Waals surface area contributed by atoms with E-state index in [4.69, 9.17) is 5.73 Å². The Labute approximate surface area is 267 Å². The minimum Gasteiger partial charge on any atom is -0.363 e. The molecule has 14 heteroatoms. The molecule has 5 amide bonds. The van der Waals surface area contributed by atoms with Crippen molar-refractivity contribution in [3.05, 3.63) is 0 Å². The highest BCUT2D eigenvalue weighted by atomic mass is 32.2. The molecule has 2 aliphatic heterocycles. The van der Waals surface area contributed by atoms with E-state index in [-0.39, 0.29) is 24.1 Å². The molecule has 0 aromatic rings. The first-order chi connectivity index (χ1) is 21.2. The van der Waals surface area contributed by atoms with E-state index >= 15 is 0 Å². The van der Waals surface area contributed by atoms with Crippen LogP contribution in [0.5, 0.6) is 0 Å². The van der Waals surface area contributed by atoms with Gasteiger partial charge in [-0.1, -0.05) is 52.9 Å². The van der Waals surface area contributed by atoms with Gasteiger partial charge in [0.15, 0.2) is 0 Å². The molecule has 0 aromatic carbocycles. The number of carbonyl (C=O) groups excluding carboxylic acids is 5. The van der Waals surface area contributed by atoms with Gasteiger partial charge in [-0.15, -0.1) is 0 Å². The third kappa shape index (κ3) is 9.40. The molecular formula is C31H52N6O7S. The average molecular weight is 653 g/mol. The maximum atomic E-state index is 14.0. The fourth-order valence-electron chi connectivity index (χ4n) is 6.93. The number of sulfonamides is 1. The summed E-state index contributed by atoms with van der Waals surface area (Å²) in [6.07, 6.45) is 9.48. The second kappa shape index (κ2) is 14.8. The summed E-state index contributed by atoms with van der Waals surface area (Å²) in [6, 6.07) is -3.81. The van der Waals surface area contributed by atoms with Crippen molar-refractivity contribution in [2.75, 3.05) is 25.4 Å². The van der Waals surface area contributed by atoms with E-state index < -0.39 is 69.1 Å². The van der Waals surface area contributed by atoms with Crippen molar-refractivity contribution in [1.29, 1.82) is 0 Å². The van der Waals surface area contributed by atoms with Crippen LogP contribution >= 0.6 is 0 Å². The van der Waals surface area contributed by atoms with Gasteiger partial charge in [0.1, 0.15) is 12.1 Å². The lowest BCUT2D eigenvalue weighted by molar-refractivity contribution is -0.143. The number of nitrogens with one attached hydrogen (secondary N) is 3. The summed E-state index contributed by atoms with van der Waals surface area (Å²) in [4.78, 5) is 66.5. The highest BCUT2D eigenvalue weighted by Gasteiger charge is 2.44. The first kappa shape index (κ1) is 35.1. The summed E-state index contributed by atoms with van der Waals surface area (Å²) < 4.78 is 27.1. The lowest BCUT2D eigenvalue weighted by atomic mass is 9.83. The van der Waals surface area contributed by atoms with Gasteiger partial charge in [-0.05, 0) is 62.2 Å². The van der Waals surface area contributed by atoms with Gasteiger partial charge < -0.3 is 26.6 Å². The van der Waals surface area contributed by atoms with Crippen LogP contribution in [0.3, 0.4) is 0 Å². The standard InChI is InChI=1S/C31H52N6O7S/c1-31(2,3)26(29(41)37-16-9-12-24(37)28(40)33-22(18-20-13-14-20)25(38)27(32)39)35-30(42)34-23(21-10-5-4-6-11-21)19-36-15-7-8-17-45(36,43)44/h20-24,26H,4-19H2,1-3H3,(H2,32,39)(H,33,40)(H2,34,35,42)/t22?,23-,24+,26-/m1/s1. The summed E-state index contributed by atoms with van der Waals surface area (Å²) in [5, 5.41) is 8.60. The smallest absolute Gasteiger partial charge is 0.315 e. The molecule has 4 fully saturated rings. The van der Waals surface area contributed by atoms with E-state index in [1.54, 1.807) is 0 Å². The largest absolute Gasteiger partial charge is 0.363 e. The van der Waals surface area contributed by atoms with E-state index in [0.29, 0.717) is 38.8 Å². The summed E-state index contributed by atoms with van der Waals surface area (Å²) in [5.74, 6) is -2.39. The molecule has 1 unspecified atom stereocenters. The first-order valence-electron chi connectivity index (χ1n) is 16.7. The molecule has 0 radical (unpaired) electrons. The van der Waals surface area contributed by atoms with E-state index in [1.165, 1.54) is 9.21 Å². The second-order valence-electron chi connectivity index (χ2n) is 14.5. The number of carbonyl (C=O) groups is 5. The topological polar surface area (TPSA) is 188 Å². The zero-order valence-electron chi connectivity index (χ0n) is 27.0. The average Bonchev–Trinajstić information content (AvgIpc) is 3.66. The van der Waals surface area contributed by atoms with Crippen LogP contribution in [0.4, 0.5) is 4.79 Å². The number of likely N-dealkylation sites (tertiary alicyclic amines) is 1. The third-order valence-electron chi connectivity index (χ3n) is 9.76. The molecule has 2 saturated heterocycles. The lowest BCUT2D eigenvalue weighted by Gasteiger charge is -2.38. The van der Waals surface area contributed by atoms with Gasteiger partial charge in [0.05, 0.1) is 11.8 Å². The van der Waals surface area contributed by atoms with Crippen molar-refractivity contribution < 1.29 is 32.4 Å². The highest BCUT2D eigenvalue weighted by molar-refractivity contribution is 7.89. The monoisotopic (exact) mass is 652 g/mol. The molecule has 4 aliphatic rings. The van der Waals surface area contributed by atoms with Gasteiger partial charge in [0.2, 0.25) is 27.6 Å². The van der Waals surface area contributed by atoms with Crippen LogP contribution in [0.15, 0.2) is 0 Å². The molecule has 0 bridgehead atoms. The number of nitrogens with two attached hydrogens (primary N) is 1. The van der Waals surface area contributed by atoms with E-state index in [9.17, 15) is 32.4 Å². The number of urea groups is 1. The van der Waals surface area contributed by atoms with Crippen LogP contribution in [-0.4, -0.2) is 96.7 Å². The molecule has 2 heterocycles. The Bertz CT molecular complexity index is 1230. The van der Waals surface area contributed by atoms with Crippen LogP contribution < -0.4 is 21.7 Å². The molecule has 4 rings (SSSR count). The SMILES string of the molecule is CC(C)(C)[C@H](NC(=O)N[C@H](CN1CCCCS1(=O)=O)C1CCCCC1)C(=O)N1CCC[C@H]1C(=O)NC(CC1CC1)C(=O)C(N)=O. The van der Waals surface area contributed by atoms with Crippen molar-refractivity contribution in [1.82, 2.24) is 25.2 Å². The zero-order chi connectivity index (χ0) is 32.9. The molecule has 4 atom stereocenters. The minimum absolute atomic E-state index is 0.111. The van der Waals surface area contributed by atoms with Crippen molar-refractivity contribution in [3.63, 3.8) is 0 Å². The summed E-state index contributed by atoms with van der Waals surface area (Å²) in [6.45, 7) is 6.44. The van der Waals surface area contributed by atoms with Crippen molar-refractivity contribution >= 4 is 39.6 Å². The van der Waals surface area contributed by atoms with E-state index in [0.717, 1.165) is 51.4 Å². The van der Waals surface area contributed by atoms with Crippen LogP contribution in [-0.2, 0) is 29.2 Å². The number of rotatable bonds is 12. The van der Waals surface area contributed by atoms with Crippen molar-refractivity contribution in [2.45, 2.75) is 122 Å². The predicted molar refractivity (Wildman–Crippen MR) is 168 cm³/mol. The predicted octanol–water partition coefficient (Wildman–Crippen LogP) is 1.41. The Kier molecular flexibility index (Phi) is 11.5. The summed E-state index contributed by atoms with van der Waals surface area (Å²) >= 11 is 0. The highest BCUT2D eigenvalue weighted by Crippen LogP contribution is 2.34. The molecule has 5 N–H and O–H groups in total. The maximum absolute atomic E-state index is 14.0. The minimum atomic E-state index is -3.38. The molecule has 254 valence electrons. The number of Topliss-reactive ketones (excluding diaryl/α,β-unsaturated/α-hetero) is 1. The Morgan fingerprint density at radius 3 is 2.13 bits per heavy atom. The summed E-state index contributed by atoms with van der Waals surface area (Å²) in [7, 11) is -3.38. The van der Waals surface area contributed by atoms with Gasteiger partial charge in [-0.3, -0.25) is 19.2 Å². The van der Waals surface area contributed by atoms with Crippen LogP contribution in [0, 0.1) is 17.3 Å². The maximum Gasteiger partial charge on any atom is 0.315 e. The van der Waals surface area contributed by atoms with Crippen molar-refractivity contribution in [2.24, 2.45) is 23.0 Å². The number of amides is 5. The van der Waals surface area contributed by atoms with Gasteiger partial charge in [0.25, 0.3) is 5.91 Å². The third-order valence-corrected chi connectivity index (χ3v) is 11.7. The Balaban J connectivity index is 1.45. The Hall–Kier alpha value is -2.74. The molecule has 0 spiro atoms. The van der Waals surface area contributed by atoms with Crippen LogP contribution in [0.2, 0.25) is 0 Å². The fraction of sp³-hybridized carbons (Fsp3) is 0.839. The molecule has 13 nitrogen and oxygen atoms in total. The second-order valence-corrected chi connectivity index (χ2v) is 16.5. The van der Waals surface area contributed by atoms with E-state index in [2.05, 4.69) is 16.0 Å². The van der Waals surface area contributed by atoms with Crippen molar-refractivity contribution in [3.8, 4) is 0 Å². The normalized spacial score (nSPS) is 24.7. The zero-order valence-corrected chi connectivity index (χ0v) is 27.8. The Morgan fingerprint density at radius 1 is 0.844 bits per heavy atom. The number of ketones is 1. The van der Waals surface area contributed by atoms with Crippen LogP contribution in [0.1, 0.15) is 97.8 Å². The van der Waals surface area contributed by atoms with Gasteiger partial charge in [0, 0.05) is 25.7 Å². The summed E-state index contributed by atoms with van der Waals surface area (Å²) in [5.41, 5.74) is 4.52. The van der Waals surface area contributed by atoms with E-state index in [1.807, 2.05) is 20.8 Å². The molecule has 2 aliphatic carbocycles. The van der Waals surface area contributed by atoms with Gasteiger partial charge in [-0.2, -0.15) is 4.31 Å². The number of hydrogen-bond donors (Lipinski definition) is 4. The number of nitrogens with zero attached hydrogens (tertiary/aromatic N) is 2. The Morgan fingerprint density at radius 2 is 1.53 bits per heavy atom. The van der Waals surface area contributed by atoms with Gasteiger partial charge in [-0.25, -0.2) is 13.2 Å². The molecule has 45 heavy (non-hydrogen) atoms. The lowest BCUT2D eigenvalue weighted by Crippen LogP contribution is -2.61. The number of primary amides is 1. The first-order valence-corrected chi connectivity index (χ1v) is 18.3. The van der Waals surface area contributed by atoms with Crippen LogP contribution in [0.25, 0.3) is 0 Å². The molecular weight excluding hydrogens is 600 g/mol. The quantitative estimate of drug-likeness (QED) is 0.229.